The van der Waals surface area contributed by atoms with E-state index < -0.39 is 6.04 Å². The Labute approximate surface area is 123 Å². The SMILES string of the molecule is CCC(=O)N(C(C)C)C1C(=O)Nc2cc3c(cc21)OCO3. The lowest BCUT2D eigenvalue weighted by atomic mass is 10.0. The van der Waals surface area contributed by atoms with Gasteiger partial charge >= 0.3 is 0 Å². The number of nitrogens with one attached hydrogen (secondary N) is 1. The summed E-state index contributed by atoms with van der Waals surface area (Å²) >= 11 is 0. The summed E-state index contributed by atoms with van der Waals surface area (Å²) in [6.45, 7) is 5.79. The van der Waals surface area contributed by atoms with Crippen molar-refractivity contribution in [2.75, 3.05) is 12.1 Å². The number of rotatable bonds is 3. The lowest BCUT2D eigenvalue weighted by Crippen LogP contribution is -2.42. The maximum Gasteiger partial charge on any atom is 0.251 e. The highest BCUT2D eigenvalue weighted by Crippen LogP contribution is 2.44. The number of hydrogen-bond acceptors (Lipinski definition) is 4. The van der Waals surface area contributed by atoms with Crippen molar-refractivity contribution in [3.8, 4) is 11.5 Å². The van der Waals surface area contributed by atoms with Crippen LogP contribution in [0.3, 0.4) is 0 Å². The fourth-order valence-corrected chi connectivity index (χ4v) is 2.82. The van der Waals surface area contributed by atoms with Gasteiger partial charge in [0.2, 0.25) is 12.7 Å². The van der Waals surface area contributed by atoms with E-state index in [1.54, 1.807) is 24.0 Å². The molecule has 2 aliphatic heterocycles. The largest absolute Gasteiger partial charge is 0.454 e. The number of ether oxygens (including phenoxy) is 2. The fraction of sp³-hybridized carbons (Fsp3) is 0.467. The Morgan fingerprint density at radius 2 is 2.05 bits per heavy atom. The van der Waals surface area contributed by atoms with Gasteiger partial charge in [-0.25, -0.2) is 0 Å². The summed E-state index contributed by atoms with van der Waals surface area (Å²) in [5.74, 6) is 0.996. The molecule has 0 saturated heterocycles. The van der Waals surface area contributed by atoms with Gasteiger partial charge in [-0.1, -0.05) is 6.92 Å². The highest BCUT2D eigenvalue weighted by molar-refractivity contribution is 6.05. The van der Waals surface area contributed by atoms with Crippen LogP contribution in [0, 0.1) is 0 Å². The number of amides is 2. The first-order chi connectivity index (χ1) is 10.0. The van der Waals surface area contributed by atoms with Crippen molar-refractivity contribution in [1.29, 1.82) is 0 Å². The molecule has 0 bridgehead atoms. The maximum absolute atomic E-state index is 12.3. The molecule has 0 aliphatic carbocycles. The molecule has 6 heteroatoms. The second-order valence-corrected chi connectivity index (χ2v) is 5.43. The lowest BCUT2D eigenvalue weighted by Gasteiger charge is -2.31. The third-order valence-electron chi connectivity index (χ3n) is 3.77. The smallest absolute Gasteiger partial charge is 0.251 e. The van der Waals surface area contributed by atoms with Crippen LogP contribution in [0.2, 0.25) is 0 Å². The molecule has 6 nitrogen and oxygen atoms in total. The first-order valence-corrected chi connectivity index (χ1v) is 7.08. The predicted octanol–water partition coefficient (Wildman–Crippen LogP) is 2.06. The Hall–Kier alpha value is -2.24. The summed E-state index contributed by atoms with van der Waals surface area (Å²) in [7, 11) is 0. The Balaban J connectivity index is 2.05. The highest BCUT2D eigenvalue weighted by Gasteiger charge is 2.40. The molecular weight excluding hydrogens is 272 g/mol. The number of anilines is 1. The predicted molar refractivity (Wildman–Crippen MR) is 76.2 cm³/mol. The molecule has 0 spiro atoms. The van der Waals surface area contributed by atoms with Gasteiger partial charge in [-0.2, -0.15) is 0 Å². The zero-order valence-electron chi connectivity index (χ0n) is 12.3. The molecule has 2 aliphatic rings. The molecule has 0 radical (unpaired) electrons. The molecule has 1 aromatic carbocycles. The molecular formula is C15H18N2O4. The van der Waals surface area contributed by atoms with Crippen molar-refractivity contribution in [1.82, 2.24) is 4.90 Å². The molecule has 1 aromatic rings. The van der Waals surface area contributed by atoms with Gasteiger partial charge in [-0.15, -0.1) is 0 Å². The summed E-state index contributed by atoms with van der Waals surface area (Å²) < 4.78 is 10.7. The Morgan fingerprint density at radius 3 is 2.67 bits per heavy atom. The number of benzene rings is 1. The van der Waals surface area contributed by atoms with E-state index in [1.807, 2.05) is 13.8 Å². The van der Waals surface area contributed by atoms with Crippen LogP contribution in [0.25, 0.3) is 0 Å². The minimum absolute atomic E-state index is 0.0457. The first-order valence-electron chi connectivity index (χ1n) is 7.08. The maximum atomic E-state index is 12.3. The van der Waals surface area contributed by atoms with Crippen molar-refractivity contribution in [2.24, 2.45) is 0 Å². The zero-order chi connectivity index (χ0) is 15.1. The van der Waals surface area contributed by atoms with Crippen molar-refractivity contribution in [3.63, 3.8) is 0 Å². The molecule has 0 saturated carbocycles. The number of nitrogens with zero attached hydrogens (tertiary/aromatic N) is 1. The van der Waals surface area contributed by atoms with Crippen LogP contribution in [0.4, 0.5) is 5.69 Å². The van der Waals surface area contributed by atoms with Crippen LogP contribution >= 0.6 is 0 Å². The van der Waals surface area contributed by atoms with Gasteiger partial charge in [0, 0.05) is 24.1 Å². The lowest BCUT2D eigenvalue weighted by molar-refractivity contribution is -0.140. The first kappa shape index (κ1) is 13.7. The molecule has 2 amide bonds. The number of hydrogen-bond donors (Lipinski definition) is 1. The van der Waals surface area contributed by atoms with Crippen molar-refractivity contribution in [2.45, 2.75) is 39.3 Å². The average Bonchev–Trinajstić information content (AvgIpc) is 3.00. The van der Waals surface area contributed by atoms with Gasteiger partial charge in [-0.3, -0.25) is 9.59 Å². The summed E-state index contributed by atoms with van der Waals surface area (Å²) in [6, 6.07) is 2.87. The second-order valence-electron chi connectivity index (χ2n) is 5.43. The molecule has 2 heterocycles. The van der Waals surface area contributed by atoms with Crippen molar-refractivity contribution < 1.29 is 19.1 Å². The van der Waals surface area contributed by atoms with E-state index in [4.69, 9.17) is 9.47 Å². The third kappa shape index (κ3) is 2.11. The molecule has 21 heavy (non-hydrogen) atoms. The van der Waals surface area contributed by atoms with Gasteiger partial charge in [0.25, 0.3) is 5.91 Å². The second kappa shape index (κ2) is 4.95. The van der Waals surface area contributed by atoms with Crippen LogP contribution in [0.5, 0.6) is 11.5 Å². The van der Waals surface area contributed by atoms with E-state index in [2.05, 4.69) is 5.32 Å². The van der Waals surface area contributed by atoms with Gasteiger partial charge in [0.1, 0.15) is 6.04 Å². The summed E-state index contributed by atoms with van der Waals surface area (Å²) in [5, 5.41) is 2.82. The van der Waals surface area contributed by atoms with E-state index in [-0.39, 0.29) is 24.6 Å². The quantitative estimate of drug-likeness (QED) is 0.925. The third-order valence-corrected chi connectivity index (χ3v) is 3.77. The molecule has 112 valence electrons. The van der Waals surface area contributed by atoms with Crippen molar-refractivity contribution >= 4 is 17.5 Å². The fourth-order valence-electron chi connectivity index (χ4n) is 2.82. The standard InChI is InChI=1S/C15H18N2O4/c1-4-13(18)17(8(2)3)14-9-5-11-12(21-7-20-11)6-10(9)16-15(14)19/h5-6,8,14H,4,7H2,1-3H3,(H,16,19). The molecule has 3 rings (SSSR count). The van der Waals surface area contributed by atoms with Gasteiger partial charge in [-0.05, 0) is 19.9 Å². The topological polar surface area (TPSA) is 67.9 Å². The van der Waals surface area contributed by atoms with E-state index >= 15 is 0 Å². The van der Waals surface area contributed by atoms with E-state index in [0.29, 0.717) is 23.6 Å². The summed E-state index contributed by atoms with van der Waals surface area (Å²) in [6.07, 6.45) is 0.363. The minimum Gasteiger partial charge on any atom is -0.454 e. The Kier molecular flexibility index (Phi) is 3.23. The van der Waals surface area contributed by atoms with Crippen LogP contribution in [0.15, 0.2) is 12.1 Å². The van der Waals surface area contributed by atoms with Crippen LogP contribution in [-0.4, -0.2) is 29.5 Å². The Bertz CT molecular complexity index is 612. The van der Waals surface area contributed by atoms with Crippen LogP contribution in [0.1, 0.15) is 38.8 Å². The number of carbonyl (C=O) groups excluding carboxylic acids is 2. The molecule has 1 N–H and O–H groups in total. The average molecular weight is 290 g/mol. The van der Waals surface area contributed by atoms with E-state index in [9.17, 15) is 9.59 Å². The molecule has 0 fully saturated rings. The molecule has 1 unspecified atom stereocenters. The van der Waals surface area contributed by atoms with Gasteiger partial charge in [0.15, 0.2) is 11.5 Å². The molecule has 1 atom stereocenters. The normalized spacial score (nSPS) is 18.7. The number of fused-ring (bicyclic) bond motifs is 2. The molecule has 0 aromatic heterocycles. The van der Waals surface area contributed by atoms with Crippen LogP contribution < -0.4 is 14.8 Å². The minimum atomic E-state index is -0.609. The van der Waals surface area contributed by atoms with E-state index in [1.165, 1.54) is 0 Å². The van der Waals surface area contributed by atoms with Crippen LogP contribution in [-0.2, 0) is 9.59 Å². The van der Waals surface area contributed by atoms with E-state index in [0.717, 1.165) is 5.56 Å². The van der Waals surface area contributed by atoms with Gasteiger partial charge in [0.05, 0.1) is 5.69 Å². The summed E-state index contributed by atoms with van der Waals surface area (Å²) in [4.78, 5) is 26.2. The number of carbonyl (C=O) groups is 2. The monoisotopic (exact) mass is 290 g/mol. The zero-order valence-corrected chi connectivity index (χ0v) is 12.3. The van der Waals surface area contributed by atoms with Crippen molar-refractivity contribution in [3.05, 3.63) is 17.7 Å². The highest BCUT2D eigenvalue weighted by atomic mass is 16.7. The van der Waals surface area contributed by atoms with Gasteiger partial charge < -0.3 is 19.7 Å². The Morgan fingerprint density at radius 1 is 1.38 bits per heavy atom. The summed E-state index contributed by atoms with van der Waals surface area (Å²) in [5.41, 5.74) is 1.45.